The molecule has 0 aliphatic rings. The fourth-order valence-electron chi connectivity index (χ4n) is 4.71. The Kier molecular flexibility index (Phi) is 8.05. The minimum Gasteiger partial charge on any atom is -0.465 e. The van der Waals surface area contributed by atoms with Crippen molar-refractivity contribution >= 4 is 55.0 Å². The van der Waals surface area contributed by atoms with E-state index in [9.17, 15) is 9.59 Å². The molecule has 192 valence electrons. The van der Waals surface area contributed by atoms with E-state index in [0.717, 1.165) is 36.9 Å². The number of amides is 1. The lowest BCUT2D eigenvalue weighted by molar-refractivity contribution is 0.0603. The summed E-state index contributed by atoms with van der Waals surface area (Å²) in [5.41, 5.74) is 5.74. The normalized spacial score (nSPS) is 11.2. The summed E-state index contributed by atoms with van der Waals surface area (Å²) in [7, 11) is 1.36. The number of allylic oxidation sites excluding steroid dienone is 1. The molecule has 0 spiro atoms. The van der Waals surface area contributed by atoms with Crippen LogP contribution in [0.4, 0.5) is 5.00 Å². The summed E-state index contributed by atoms with van der Waals surface area (Å²) in [6.45, 7) is 12.7. The fraction of sp³-hybridized carbons (Fsp3) is 0.267. The number of fused-ring (bicyclic) bond motifs is 1. The number of nitrogens with one attached hydrogen (secondary N) is 1. The van der Waals surface area contributed by atoms with Crippen molar-refractivity contribution in [3.63, 3.8) is 0 Å². The van der Waals surface area contributed by atoms with Crippen LogP contribution in [0, 0.1) is 6.92 Å². The zero-order valence-electron chi connectivity index (χ0n) is 21.8. The van der Waals surface area contributed by atoms with E-state index in [0.29, 0.717) is 35.1 Å². The summed E-state index contributed by atoms with van der Waals surface area (Å²) in [5.74, 6) is -0.366. The van der Waals surface area contributed by atoms with E-state index in [1.165, 1.54) is 24.0 Å². The third kappa shape index (κ3) is 5.03. The van der Waals surface area contributed by atoms with Crippen LogP contribution in [0.25, 0.3) is 22.0 Å². The molecule has 4 rings (SSSR count). The Labute approximate surface area is 230 Å². The molecule has 2 heterocycles. The summed E-state index contributed by atoms with van der Waals surface area (Å²) in [6, 6.07) is 14.1. The van der Waals surface area contributed by atoms with E-state index in [4.69, 9.17) is 4.74 Å². The van der Waals surface area contributed by atoms with Crippen LogP contribution in [0.3, 0.4) is 0 Å². The highest BCUT2D eigenvalue weighted by atomic mass is 79.9. The molecular formula is C30H31BrN2O3S. The zero-order chi connectivity index (χ0) is 26.9. The van der Waals surface area contributed by atoms with Gasteiger partial charge in [0.15, 0.2) is 0 Å². The van der Waals surface area contributed by atoms with Gasteiger partial charge in [-0.05, 0) is 60.2 Å². The van der Waals surface area contributed by atoms with Crippen LogP contribution >= 0.6 is 27.3 Å². The van der Waals surface area contributed by atoms with Crippen molar-refractivity contribution < 1.29 is 14.3 Å². The summed E-state index contributed by atoms with van der Waals surface area (Å²) in [4.78, 5) is 27.9. The Morgan fingerprint density at radius 2 is 1.89 bits per heavy atom. The molecule has 5 nitrogen and oxygen atoms in total. The first-order chi connectivity index (χ1) is 17.7. The average molecular weight is 580 g/mol. The largest absolute Gasteiger partial charge is 0.465 e. The van der Waals surface area contributed by atoms with Gasteiger partial charge < -0.3 is 14.6 Å². The molecule has 2 aromatic heterocycles. The molecule has 0 unspecified atom stereocenters. The van der Waals surface area contributed by atoms with Crippen molar-refractivity contribution in [2.75, 3.05) is 12.4 Å². The fourth-order valence-corrected chi connectivity index (χ4v) is 6.11. The van der Waals surface area contributed by atoms with Gasteiger partial charge in [0.05, 0.1) is 7.11 Å². The first-order valence-electron chi connectivity index (χ1n) is 12.3. The predicted molar refractivity (Wildman–Crippen MR) is 157 cm³/mol. The van der Waals surface area contributed by atoms with Crippen molar-refractivity contribution in [3.05, 3.63) is 86.9 Å². The van der Waals surface area contributed by atoms with Gasteiger partial charge in [-0.1, -0.05) is 61.0 Å². The van der Waals surface area contributed by atoms with Gasteiger partial charge in [0, 0.05) is 32.4 Å². The third-order valence-corrected chi connectivity index (χ3v) is 8.36. The number of halogens is 1. The number of hydrogen-bond donors (Lipinski definition) is 1. The zero-order valence-corrected chi connectivity index (χ0v) is 24.2. The highest BCUT2D eigenvalue weighted by Crippen LogP contribution is 2.42. The molecule has 4 aromatic rings. The topological polar surface area (TPSA) is 60.3 Å². The van der Waals surface area contributed by atoms with E-state index in [2.05, 4.69) is 59.9 Å². The molecule has 0 radical (unpaired) electrons. The third-order valence-electron chi connectivity index (χ3n) is 6.59. The van der Waals surface area contributed by atoms with Gasteiger partial charge in [-0.15, -0.1) is 17.9 Å². The quantitative estimate of drug-likeness (QED) is 0.169. The SMILES string of the molecule is C=CCn1c(C(=O)Nc2sc(CC)c(-c3ccc(Br)cc3)c2C(=O)OC)c(C)c2cc(C(C)C)ccc21. The number of thiophene rings is 1. The Bertz CT molecular complexity index is 1500. The first kappa shape index (κ1) is 26.9. The highest BCUT2D eigenvalue weighted by molar-refractivity contribution is 9.10. The number of benzene rings is 2. The van der Waals surface area contributed by atoms with Crippen LogP contribution in [-0.4, -0.2) is 23.6 Å². The molecule has 1 N–H and O–H groups in total. The standard InChI is InChI=1S/C30H31BrN2O3S/c1-7-15-33-23-14-11-20(17(3)4)16-22(23)18(5)27(33)28(34)32-29-26(30(35)36-6)25(24(8-2)37-29)19-9-12-21(31)13-10-19/h7,9-14,16-17H,1,8,15H2,2-6H3,(H,32,34). The second kappa shape index (κ2) is 11.1. The molecule has 1 amide bonds. The number of anilines is 1. The van der Waals surface area contributed by atoms with Crippen LogP contribution in [-0.2, 0) is 17.7 Å². The maximum Gasteiger partial charge on any atom is 0.341 e. The smallest absolute Gasteiger partial charge is 0.341 e. The predicted octanol–water partition coefficient (Wildman–Crippen LogP) is 8.35. The number of ether oxygens (including phenoxy) is 1. The minimum atomic E-state index is -0.478. The first-order valence-corrected chi connectivity index (χ1v) is 13.9. The van der Waals surface area contributed by atoms with Crippen LogP contribution < -0.4 is 5.32 Å². The van der Waals surface area contributed by atoms with E-state index >= 15 is 0 Å². The molecule has 0 saturated carbocycles. The van der Waals surface area contributed by atoms with Gasteiger partial charge >= 0.3 is 5.97 Å². The van der Waals surface area contributed by atoms with Crippen LogP contribution in [0.1, 0.15) is 63.5 Å². The Hall–Kier alpha value is -3.16. The van der Waals surface area contributed by atoms with Crippen molar-refractivity contribution in [2.45, 2.75) is 46.6 Å². The van der Waals surface area contributed by atoms with Crippen LogP contribution in [0.5, 0.6) is 0 Å². The lowest BCUT2D eigenvalue weighted by atomic mass is 10.00. The lowest BCUT2D eigenvalue weighted by Crippen LogP contribution is -2.19. The molecule has 0 atom stereocenters. The minimum absolute atomic E-state index is 0.266. The van der Waals surface area contributed by atoms with Crippen molar-refractivity contribution in [3.8, 4) is 11.1 Å². The molecular weight excluding hydrogens is 548 g/mol. The van der Waals surface area contributed by atoms with Crippen molar-refractivity contribution in [1.82, 2.24) is 4.57 Å². The van der Waals surface area contributed by atoms with Crippen molar-refractivity contribution in [2.24, 2.45) is 0 Å². The van der Waals surface area contributed by atoms with E-state index < -0.39 is 5.97 Å². The monoisotopic (exact) mass is 578 g/mol. The molecule has 7 heteroatoms. The molecule has 0 fully saturated rings. The van der Waals surface area contributed by atoms with Crippen LogP contribution in [0.2, 0.25) is 0 Å². The molecule has 0 aliphatic carbocycles. The molecule has 37 heavy (non-hydrogen) atoms. The second-order valence-electron chi connectivity index (χ2n) is 9.21. The van der Waals surface area contributed by atoms with E-state index in [1.54, 1.807) is 6.08 Å². The Morgan fingerprint density at radius 1 is 1.19 bits per heavy atom. The van der Waals surface area contributed by atoms with E-state index in [1.807, 2.05) is 42.7 Å². The Balaban J connectivity index is 1.86. The van der Waals surface area contributed by atoms with Gasteiger partial charge in [0.25, 0.3) is 5.91 Å². The number of nitrogens with zero attached hydrogens (tertiary/aromatic N) is 1. The number of esters is 1. The molecule has 0 aliphatic heterocycles. The Morgan fingerprint density at radius 3 is 2.49 bits per heavy atom. The summed E-state index contributed by atoms with van der Waals surface area (Å²) in [5, 5.41) is 4.60. The van der Waals surface area contributed by atoms with Gasteiger partial charge in [0.2, 0.25) is 0 Å². The molecule has 0 bridgehead atoms. The number of hydrogen-bond acceptors (Lipinski definition) is 4. The second-order valence-corrected chi connectivity index (χ2v) is 11.2. The molecule has 0 saturated heterocycles. The molecule has 2 aromatic carbocycles. The average Bonchev–Trinajstić information content (AvgIpc) is 3.38. The number of methoxy groups -OCH3 is 1. The highest BCUT2D eigenvalue weighted by Gasteiger charge is 2.28. The maximum absolute atomic E-state index is 13.9. The van der Waals surface area contributed by atoms with Gasteiger partial charge in [-0.3, -0.25) is 4.79 Å². The number of carbonyl (C=O) groups is 2. The summed E-state index contributed by atoms with van der Waals surface area (Å²) >= 11 is 4.89. The van der Waals surface area contributed by atoms with Crippen molar-refractivity contribution in [1.29, 1.82) is 0 Å². The number of carbonyl (C=O) groups excluding carboxylic acids is 2. The van der Waals surface area contributed by atoms with E-state index in [-0.39, 0.29) is 5.91 Å². The van der Waals surface area contributed by atoms with Gasteiger partial charge in [-0.25, -0.2) is 4.79 Å². The maximum atomic E-state index is 13.9. The lowest BCUT2D eigenvalue weighted by Gasteiger charge is -2.11. The number of aromatic nitrogens is 1. The van der Waals surface area contributed by atoms with Gasteiger partial charge in [0.1, 0.15) is 16.3 Å². The number of rotatable bonds is 8. The van der Waals surface area contributed by atoms with Crippen LogP contribution in [0.15, 0.2) is 59.6 Å². The van der Waals surface area contributed by atoms with Gasteiger partial charge in [-0.2, -0.15) is 0 Å². The number of aryl methyl sites for hydroxylation is 2. The summed E-state index contributed by atoms with van der Waals surface area (Å²) < 4.78 is 8.10. The summed E-state index contributed by atoms with van der Waals surface area (Å²) in [6.07, 6.45) is 2.50.